The predicted molar refractivity (Wildman–Crippen MR) is 74.5 cm³/mol. The molecular weight excluding hydrogens is 302 g/mol. The van der Waals surface area contributed by atoms with Crippen LogP contribution < -0.4 is 10.3 Å². The third kappa shape index (κ3) is 3.78. The van der Waals surface area contributed by atoms with Crippen LogP contribution in [-0.4, -0.2) is 27.7 Å². The van der Waals surface area contributed by atoms with Gasteiger partial charge in [0, 0.05) is 0 Å². The van der Waals surface area contributed by atoms with Gasteiger partial charge in [-0.2, -0.15) is 23.7 Å². The molecule has 1 N–H and O–H groups in total. The van der Waals surface area contributed by atoms with Crippen LogP contribution in [-0.2, 0) is 0 Å². The van der Waals surface area contributed by atoms with E-state index in [1.54, 1.807) is 0 Å². The van der Waals surface area contributed by atoms with Crippen LogP contribution in [0.3, 0.4) is 0 Å². The Morgan fingerprint density at radius 1 is 1.43 bits per heavy atom. The van der Waals surface area contributed by atoms with Crippen LogP contribution in [0.4, 0.5) is 8.78 Å². The molecule has 0 atom stereocenters. The lowest BCUT2D eigenvalue weighted by Crippen LogP contribution is -2.22. The molecule has 9 heteroatoms. The molecule has 2 rings (SSSR count). The van der Waals surface area contributed by atoms with Crippen molar-refractivity contribution in [3.63, 3.8) is 0 Å². The van der Waals surface area contributed by atoms with Crippen molar-refractivity contribution in [2.24, 2.45) is 5.10 Å². The lowest BCUT2D eigenvalue weighted by molar-refractivity contribution is -0.0498. The van der Waals surface area contributed by atoms with Gasteiger partial charge in [-0.1, -0.05) is 0 Å². The monoisotopic (exact) mass is 312 g/mol. The Kier molecular flexibility index (Phi) is 4.53. The highest BCUT2D eigenvalue weighted by atomic mass is 32.1. The van der Waals surface area contributed by atoms with Crippen LogP contribution in [0.2, 0.25) is 0 Å². The second-order valence-corrected chi connectivity index (χ2v) is 4.31. The van der Waals surface area contributed by atoms with Crippen molar-refractivity contribution in [3.8, 4) is 5.75 Å². The van der Waals surface area contributed by atoms with Crippen LogP contribution in [0, 0.1) is 11.7 Å². The topological polar surface area (TPSA) is 72.3 Å². The van der Waals surface area contributed by atoms with Gasteiger partial charge in [-0.05, 0) is 49.0 Å². The minimum atomic E-state index is -2.87. The maximum Gasteiger partial charge on any atom is 0.387 e. The molecule has 1 heterocycles. The molecule has 0 fully saturated rings. The van der Waals surface area contributed by atoms with Crippen molar-refractivity contribution in [1.82, 2.24) is 14.9 Å². The number of aryl methyl sites for hydroxylation is 1. The van der Waals surface area contributed by atoms with Crippen LogP contribution in [0.1, 0.15) is 11.3 Å². The molecule has 0 bridgehead atoms. The molecular formula is C12H10F2N4O2S. The smallest absolute Gasteiger partial charge is 0.387 e. The van der Waals surface area contributed by atoms with Gasteiger partial charge >= 0.3 is 6.61 Å². The van der Waals surface area contributed by atoms with Gasteiger partial charge < -0.3 is 4.74 Å². The fourth-order valence-electron chi connectivity index (χ4n) is 1.44. The van der Waals surface area contributed by atoms with E-state index in [-0.39, 0.29) is 16.2 Å². The van der Waals surface area contributed by atoms with E-state index < -0.39 is 12.2 Å². The Morgan fingerprint density at radius 2 is 2.10 bits per heavy atom. The first-order valence-electron chi connectivity index (χ1n) is 5.75. The summed E-state index contributed by atoms with van der Waals surface area (Å²) in [7, 11) is 0. The third-order valence-electron chi connectivity index (χ3n) is 2.44. The first kappa shape index (κ1) is 15.0. The molecule has 110 valence electrons. The number of halogens is 2. The lowest BCUT2D eigenvalue weighted by Gasteiger charge is -2.03. The molecule has 0 saturated carbocycles. The molecule has 0 aliphatic carbocycles. The molecule has 0 aliphatic heterocycles. The summed E-state index contributed by atoms with van der Waals surface area (Å²) >= 11 is 4.91. The zero-order valence-corrected chi connectivity index (χ0v) is 11.6. The first-order valence-corrected chi connectivity index (χ1v) is 6.16. The first-order chi connectivity index (χ1) is 9.97. The van der Waals surface area contributed by atoms with Crippen LogP contribution >= 0.6 is 12.2 Å². The second kappa shape index (κ2) is 6.35. The van der Waals surface area contributed by atoms with Gasteiger partial charge in [-0.15, -0.1) is 0 Å². The van der Waals surface area contributed by atoms with Crippen molar-refractivity contribution in [2.75, 3.05) is 0 Å². The van der Waals surface area contributed by atoms with Crippen molar-refractivity contribution in [3.05, 3.63) is 50.6 Å². The van der Waals surface area contributed by atoms with E-state index >= 15 is 0 Å². The van der Waals surface area contributed by atoms with Crippen LogP contribution in [0.15, 0.2) is 34.2 Å². The summed E-state index contributed by atoms with van der Waals surface area (Å²) in [6, 6.07) is 5.78. The number of hydrogen-bond donors (Lipinski definition) is 1. The van der Waals surface area contributed by atoms with Crippen molar-refractivity contribution < 1.29 is 13.5 Å². The summed E-state index contributed by atoms with van der Waals surface area (Å²) in [5, 5.41) is 10.1. The minimum absolute atomic E-state index is 0.0383. The molecule has 0 radical (unpaired) electrons. The number of aromatic nitrogens is 3. The fourth-order valence-corrected chi connectivity index (χ4v) is 1.61. The van der Waals surface area contributed by atoms with Crippen LogP contribution in [0.25, 0.3) is 0 Å². The maximum atomic E-state index is 12.0. The van der Waals surface area contributed by atoms with Gasteiger partial charge in [0.15, 0.2) is 0 Å². The number of nitrogens with one attached hydrogen (secondary N) is 1. The summed E-state index contributed by atoms with van der Waals surface area (Å²) in [4.78, 5) is 11.8. The molecule has 2 aromatic rings. The number of aromatic amines is 1. The summed E-state index contributed by atoms with van der Waals surface area (Å²) in [6.07, 6.45) is 1.37. The van der Waals surface area contributed by atoms with Crippen LogP contribution in [0.5, 0.6) is 5.75 Å². The van der Waals surface area contributed by atoms with E-state index in [1.165, 1.54) is 37.4 Å². The van der Waals surface area contributed by atoms with Gasteiger partial charge in [0.1, 0.15) is 11.4 Å². The quantitative estimate of drug-likeness (QED) is 0.693. The zero-order chi connectivity index (χ0) is 15.4. The molecule has 21 heavy (non-hydrogen) atoms. The van der Waals surface area contributed by atoms with E-state index in [1.807, 2.05) is 0 Å². The van der Waals surface area contributed by atoms with Gasteiger partial charge in [-0.25, -0.2) is 0 Å². The fraction of sp³-hybridized carbons (Fsp3) is 0.167. The largest absolute Gasteiger partial charge is 0.435 e. The molecule has 0 spiro atoms. The van der Waals surface area contributed by atoms with Crippen molar-refractivity contribution >= 4 is 18.4 Å². The summed E-state index contributed by atoms with van der Waals surface area (Å²) in [5.74, 6) is 0.0383. The number of rotatable bonds is 4. The summed E-state index contributed by atoms with van der Waals surface area (Å²) < 4.78 is 29.3. The van der Waals surface area contributed by atoms with Gasteiger partial charge in [-0.3, -0.25) is 9.89 Å². The number of benzene rings is 1. The number of alkyl halides is 2. The SMILES string of the molecule is Cc1n[nH]c(=S)n(/N=C/c2ccc(OC(F)F)cc2)c1=O. The minimum Gasteiger partial charge on any atom is -0.435 e. The standard InChI is InChI=1S/C12H10F2N4O2S/c1-7-10(19)18(12(21)17-16-7)15-6-8-2-4-9(5-3-8)20-11(13)14/h2-6,11H,1H3,(H,17,21)/b15-6+. The van der Waals surface area contributed by atoms with Gasteiger partial charge in [0.25, 0.3) is 5.56 Å². The predicted octanol–water partition coefficient (Wildman–Crippen LogP) is 2.09. The van der Waals surface area contributed by atoms with E-state index in [4.69, 9.17) is 12.2 Å². The lowest BCUT2D eigenvalue weighted by atomic mass is 10.2. The van der Waals surface area contributed by atoms with Gasteiger partial charge in [0.05, 0.1) is 6.21 Å². The molecule has 6 nitrogen and oxygen atoms in total. The number of nitrogens with zero attached hydrogens (tertiary/aromatic N) is 3. The van der Waals surface area contributed by atoms with E-state index in [2.05, 4.69) is 20.0 Å². The molecule has 0 unspecified atom stereocenters. The Hall–Kier alpha value is -2.42. The maximum absolute atomic E-state index is 12.0. The van der Waals surface area contributed by atoms with E-state index in [9.17, 15) is 13.6 Å². The Labute approximate surface area is 122 Å². The highest BCUT2D eigenvalue weighted by Gasteiger charge is 2.03. The molecule has 0 saturated heterocycles. The number of ether oxygens (including phenoxy) is 1. The molecule has 0 aliphatic rings. The number of hydrogen-bond acceptors (Lipinski definition) is 5. The average molecular weight is 312 g/mol. The Balaban J connectivity index is 2.24. The van der Waals surface area contributed by atoms with Crippen molar-refractivity contribution in [2.45, 2.75) is 13.5 Å². The van der Waals surface area contributed by atoms with E-state index in [0.717, 1.165) is 4.68 Å². The Morgan fingerprint density at radius 3 is 2.71 bits per heavy atom. The highest BCUT2D eigenvalue weighted by molar-refractivity contribution is 7.71. The van der Waals surface area contributed by atoms with E-state index in [0.29, 0.717) is 5.56 Å². The van der Waals surface area contributed by atoms with Crippen molar-refractivity contribution in [1.29, 1.82) is 0 Å². The third-order valence-corrected chi connectivity index (χ3v) is 2.71. The molecule has 0 amide bonds. The molecule has 1 aromatic carbocycles. The van der Waals surface area contributed by atoms with Gasteiger partial charge in [0.2, 0.25) is 4.77 Å². The molecule has 1 aromatic heterocycles. The second-order valence-electron chi connectivity index (χ2n) is 3.92. The number of H-pyrrole nitrogens is 1. The summed E-state index contributed by atoms with van der Waals surface area (Å²) in [5.41, 5.74) is 0.376. The summed E-state index contributed by atoms with van der Waals surface area (Å²) in [6.45, 7) is -1.35. The Bertz CT molecular complexity index is 768. The normalized spacial score (nSPS) is 11.2. The average Bonchev–Trinajstić information content (AvgIpc) is 2.44. The zero-order valence-electron chi connectivity index (χ0n) is 10.8. The highest BCUT2D eigenvalue weighted by Crippen LogP contribution is 2.13.